The summed E-state index contributed by atoms with van der Waals surface area (Å²) in [4.78, 5) is 0. The first kappa shape index (κ1) is 15.5. The summed E-state index contributed by atoms with van der Waals surface area (Å²) in [6.45, 7) is 8.50. The molecule has 20 heavy (non-hydrogen) atoms. The first-order valence-corrected chi connectivity index (χ1v) is 8.20. The zero-order chi connectivity index (χ0) is 14.5. The first-order chi connectivity index (χ1) is 9.72. The van der Waals surface area contributed by atoms with Crippen molar-refractivity contribution in [2.24, 2.45) is 0 Å². The number of aryl methyl sites for hydroxylation is 1. The molecule has 1 fully saturated rings. The van der Waals surface area contributed by atoms with Crippen molar-refractivity contribution in [3.63, 3.8) is 0 Å². The minimum Gasteiger partial charge on any atom is -0.391 e. The summed E-state index contributed by atoms with van der Waals surface area (Å²) in [7, 11) is 0. The van der Waals surface area contributed by atoms with Crippen LogP contribution in [0, 0.1) is 0 Å². The molecule has 0 bridgehead atoms. The van der Waals surface area contributed by atoms with Gasteiger partial charge >= 0.3 is 0 Å². The van der Waals surface area contributed by atoms with Crippen LogP contribution in [-0.2, 0) is 19.4 Å². The zero-order valence-electron chi connectivity index (χ0n) is 13.2. The summed E-state index contributed by atoms with van der Waals surface area (Å²) >= 11 is 0. The maximum absolute atomic E-state index is 10.2. The molecule has 0 aromatic carbocycles. The van der Waals surface area contributed by atoms with E-state index < -0.39 is 0 Å². The van der Waals surface area contributed by atoms with Gasteiger partial charge in [0.1, 0.15) is 0 Å². The number of hydrogen-bond acceptors (Lipinski definition) is 3. The van der Waals surface area contributed by atoms with E-state index in [1.807, 2.05) is 0 Å². The van der Waals surface area contributed by atoms with E-state index in [1.54, 1.807) is 0 Å². The van der Waals surface area contributed by atoms with Gasteiger partial charge in [-0.1, -0.05) is 20.8 Å². The third-order valence-corrected chi connectivity index (χ3v) is 4.36. The van der Waals surface area contributed by atoms with Gasteiger partial charge in [-0.15, -0.1) is 0 Å². The van der Waals surface area contributed by atoms with E-state index in [4.69, 9.17) is 5.10 Å². The summed E-state index contributed by atoms with van der Waals surface area (Å²) in [5.41, 5.74) is 3.88. The Hall–Kier alpha value is -0.870. The Morgan fingerprint density at radius 2 is 2.05 bits per heavy atom. The van der Waals surface area contributed by atoms with Crippen molar-refractivity contribution in [2.45, 2.75) is 78.0 Å². The van der Waals surface area contributed by atoms with Crippen LogP contribution in [0.2, 0.25) is 0 Å². The second kappa shape index (κ2) is 7.23. The van der Waals surface area contributed by atoms with Gasteiger partial charge in [0.25, 0.3) is 0 Å². The van der Waals surface area contributed by atoms with Gasteiger partial charge in [0.05, 0.1) is 17.8 Å². The van der Waals surface area contributed by atoms with E-state index in [0.29, 0.717) is 0 Å². The van der Waals surface area contributed by atoms with E-state index in [0.717, 1.165) is 51.6 Å². The third kappa shape index (κ3) is 3.07. The molecule has 2 unspecified atom stereocenters. The van der Waals surface area contributed by atoms with Gasteiger partial charge in [0.2, 0.25) is 0 Å². The molecule has 114 valence electrons. The van der Waals surface area contributed by atoms with Crippen LogP contribution in [0.15, 0.2) is 0 Å². The number of rotatable bonds is 7. The van der Waals surface area contributed by atoms with E-state index >= 15 is 0 Å². The minimum atomic E-state index is -0.221. The SMILES string of the molecule is CCCNCc1c(CC)nn(C2CCCC2O)c1CC. The molecule has 1 saturated carbocycles. The second-order valence-corrected chi connectivity index (χ2v) is 5.77. The maximum atomic E-state index is 10.2. The van der Waals surface area contributed by atoms with Crippen molar-refractivity contribution in [1.82, 2.24) is 15.1 Å². The Balaban J connectivity index is 2.27. The monoisotopic (exact) mass is 279 g/mol. The standard InChI is InChI=1S/C16H29N3O/c1-4-10-17-11-12-13(5-2)18-19(14(12)6-3)15-8-7-9-16(15)20/h15-17,20H,4-11H2,1-3H3. The Labute approximate surface area is 122 Å². The van der Waals surface area contributed by atoms with Gasteiger partial charge in [0, 0.05) is 17.8 Å². The Morgan fingerprint density at radius 1 is 1.25 bits per heavy atom. The van der Waals surface area contributed by atoms with Crippen LogP contribution >= 0.6 is 0 Å². The Kier molecular flexibility index (Phi) is 5.61. The zero-order valence-corrected chi connectivity index (χ0v) is 13.2. The fourth-order valence-corrected chi connectivity index (χ4v) is 3.29. The molecule has 1 aromatic heterocycles. The molecule has 0 saturated heterocycles. The molecule has 0 amide bonds. The third-order valence-electron chi connectivity index (χ3n) is 4.36. The fraction of sp³-hybridized carbons (Fsp3) is 0.812. The quantitative estimate of drug-likeness (QED) is 0.754. The van der Waals surface area contributed by atoms with Crippen molar-refractivity contribution < 1.29 is 5.11 Å². The number of hydrogen-bond donors (Lipinski definition) is 2. The molecule has 1 heterocycles. The highest BCUT2D eigenvalue weighted by Crippen LogP contribution is 2.32. The molecule has 2 atom stereocenters. The molecule has 1 aliphatic rings. The van der Waals surface area contributed by atoms with E-state index in [1.165, 1.54) is 17.0 Å². The fourth-order valence-electron chi connectivity index (χ4n) is 3.29. The molecule has 0 spiro atoms. The minimum absolute atomic E-state index is 0.190. The summed E-state index contributed by atoms with van der Waals surface area (Å²) in [5.74, 6) is 0. The second-order valence-electron chi connectivity index (χ2n) is 5.77. The van der Waals surface area contributed by atoms with Gasteiger partial charge in [-0.25, -0.2) is 0 Å². The highest BCUT2D eigenvalue weighted by Gasteiger charge is 2.30. The number of aliphatic hydroxyl groups excluding tert-OH is 1. The lowest BCUT2D eigenvalue weighted by molar-refractivity contribution is 0.128. The van der Waals surface area contributed by atoms with Gasteiger partial charge in [-0.2, -0.15) is 5.10 Å². The topological polar surface area (TPSA) is 50.1 Å². The maximum Gasteiger partial charge on any atom is 0.0781 e. The van der Waals surface area contributed by atoms with Crippen LogP contribution in [0.4, 0.5) is 0 Å². The van der Waals surface area contributed by atoms with Crippen LogP contribution < -0.4 is 5.32 Å². The van der Waals surface area contributed by atoms with E-state index in [9.17, 15) is 5.11 Å². The van der Waals surface area contributed by atoms with Gasteiger partial charge in [0.15, 0.2) is 0 Å². The number of nitrogens with one attached hydrogen (secondary N) is 1. The van der Waals surface area contributed by atoms with Crippen molar-refractivity contribution in [2.75, 3.05) is 6.54 Å². The summed E-state index contributed by atoms with van der Waals surface area (Å²) < 4.78 is 2.14. The number of aliphatic hydroxyl groups is 1. The summed E-state index contributed by atoms with van der Waals surface area (Å²) in [5, 5.41) is 18.5. The molecular weight excluding hydrogens is 250 g/mol. The summed E-state index contributed by atoms with van der Waals surface area (Å²) in [6.07, 6.45) is 5.96. The number of aromatic nitrogens is 2. The van der Waals surface area contributed by atoms with Crippen LogP contribution in [0.3, 0.4) is 0 Å². The van der Waals surface area contributed by atoms with Crippen LogP contribution in [0.5, 0.6) is 0 Å². The molecular formula is C16H29N3O. The van der Waals surface area contributed by atoms with Crippen molar-refractivity contribution in [3.8, 4) is 0 Å². The normalized spacial score (nSPS) is 22.6. The van der Waals surface area contributed by atoms with E-state index in [-0.39, 0.29) is 12.1 Å². The smallest absolute Gasteiger partial charge is 0.0781 e. The first-order valence-electron chi connectivity index (χ1n) is 8.20. The molecule has 0 aliphatic heterocycles. The van der Waals surface area contributed by atoms with Gasteiger partial charge in [-0.05, 0) is 45.1 Å². The van der Waals surface area contributed by atoms with Crippen LogP contribution in [-0.4, -0.2) is 27.5 Å². The summed E-state index contributed by atoms with van der Waals surface area (Å²) in [6, 6.07) is 0.190. The van der Waals surface area contributed by atoms with E-state index in [2.05, 4.69) is 30.8 Å². The highest BCUT2D eigenvalue weighted by atomic mass is 16.3. The highest BCUT2D eigenvalue weighted by molar-refractivity contribution is 5.27. The Morgan fingerprint density at radius 3 is 2.60 bits per heavy atom. The van der Waals surface area contributed by atoms with Crippen molar-refractivity contribution in [3.05, 3.63) is 17.0 Å². The van der Waals surface area contributed by atoms with Gasteiger partial charge < -0.3 is 10.4 Å². The lowest BCUT2D eigenvalue weighted by Crippen LogP contribution is -2.22. The predicted octanol–water partition coefficient (Wildman–Crippen LogP) is 2.59. The molecule has 2 N–H and O–H groups in total. The lowest BCUT2D eigenvalue weighted by Gasteiger charge is -2.18. The average Bonchev–Trinajstić information content (AvgIpc) is 3.02. The number of nitrogens with zero attached hydrogens (tertiary/aromatic N) is 2. The van der Waals surface area contributed by atoms with Crippen LogP contribution in [0.25, 0.3) is 0 Å². The largest absolute Gasteiger partial charge is 0.391 e. The lowest BCUT2D eigenvalue weighted by atomic mass is 10.1. The van der Waals surface area contributed by atoms with Crippen LogP contribution in [0.1, 0.15) is 69.4 Å². The average molecular weight is 279 g/mol. The van der Waals surface area contributed by atoms with Crippen molar-refractivity contribution >= 4 is 0 Å². The molecule has 0 radical (unpaired) electrons. The predicted molar refractivity (Wildman–Crippen MR) is 81.9 cm³/mol. The molecule has 4 nitrogen and oxygen atoms in total. The molecule has 1 aromatic rings. The molecule has 2 rings (SSSR count). The Bertz CT molecular complexity index is 428. The van der Waals surface area contributed by atoms with Crippen molar-refractivity contribution in [1.29, 1.82) is 0 Å². The molecule has 4 heteroatoms. The van der Waals surface area contributed by atoms with Gasteiger partial charge in [-0.3, -0.25) is 4.68 Å². The molecule has 1 aliphatic carbocycles.